The summed E-state index contributed by atoms with van der Waals surface area (Å²) in [5.41, 5.74) is 0.894. The molecular weight excluding hydrogens is 184 g/mol. The highest BCUT2D eigenvalue weighted by molar-refractivity contribution is 5.03. The average Bonchev–Trinajstić information content (AvgIpc) is 2.26. The van der Waals surface area contributed by atoms with Gasteiger partial charge in [-0.25, -0.2) is 0 Å². The molecule has 0 aliphatic rings. The van der Waals surface area contributed by atoms with Crippen LogP contribution in [0.15, 0.2) is 29.7 Å². The van der Waals surface area contributed by atoms with E-state index in [0.717, 1.165) is 5.69 Å². The fourth-order valence-electron chi connectivity index (χ4n) is 0.976. The lowest BCUT2D eigenvalue weighted by Crippen LogP contribution is -2.28. The van der Waals surface area contributed by atoms with E-state index >= 15 is 0 Å². The first kappa shape index (κ1) is 10.2. The van der Waals surface area contributed by atoms with Crippen molar-refractivity contribution in [3.05, 3.63) is 35.3 Å². The van der Waals surface area contributed by atoms with Crippen LogP contribution in [-0.4, -0.2) is 33.8 Å². The third kappa shape index (κ3) is 2.89. The van der Waals surface area contributed by atoms with Gasteiger partial charge in [0.05, 0.1) is 18.6 Å². The molecule has 0 atom stereocenters. The first-order valence-electron chi connectivity index (χ1n) is 4.17. The van der Waals surface area contributed by atoms with Gasteiger partial charge in [0.25, 0.3) is 0 Å². The Labute approximate surface area is 81.6 Å². The Morgan fingerprint density at radius 2 is 2.43 bits per heavy atom. The molecule has 0 aliphatic heterocycles. The van der Waals surface area contributed by atoms with Crippen molar-refractivity contribution in [2.45, 2.75) is 6.42 Å². The van der Waals surface area contributed by atoms with Crippen LogP contribution in [0.3, 0.4) is 0 Å². The molecule has 6 nitrogen and oxygen atoms in total. The van der Waals surface area contributed by atoms with Gasteiger partial charge >= 0.3 is 0 Å². The van der Waals surface area contributed by atoms with E-state index in [9.17, 15) is 5.21 Å². The van der Waals surface area contributed by atoms with Crippen molar-refractivity contribution >= 4 is 0 Å². The largest absolute Gasteiger partial charge is 0.569 e. The van der Waals surface area contributed by atoms with E-state index in [-0.39, 0.29) is 4.97 Å². The van der Waals surface area contributed by atoms with E-state index in [0.29, 0.717) is 13.0 Å². The molecule has 1 N–H and O–H groups in total. The maximum atomic E-state index is 10.7. The summed E-state index contributed by atoms with van der Waals surface area (Å²) in [6.45, 7) is 0.449. The normalized spacial score (nSPS) is 11.4. The van der Waals surface area contributed by atoms with E-state index in [1.807, 2.05) is 18.2 Å². The van der Waals surface area contributed by atoms with Crippen LogP contribution in [0.4, 0.5) is 0 Å². The molecule has 0 saturated heterocycles. The smallest absolute Gasteiger partial charge is 0.230 e. The van der Waals surface area contributed by atoms with Crippen LogP contribution >= 0.6 is 0 Å². The van der Waals surface area contributed by atoms with E-state index in [1.165, 1.54) is 12.1 Å². The Balaban J connectivity index is 2.42. The number of nitrogens with zero attached hydrogens (tertiary/aromatic N) is 4. The van der Waals surface area contributed by atoms with Gasteiger partial charge in [0, 0.05) is 18.3 Å². The van der Waals surface area contributed by atoms with Gasteiger partial charge in [0.15, 0.2) is 0 Å². The van der Waals surface area contributed by atoms with Crippen LogP contribution in [0.25, 0.3) is 0 Å². The lowest BCUT2D eigenvalue weighted by Gasteiger charge is -2.11. The number of pyridine rings is 1. The summed E-state index contributed by atoms with van der Waals surface area (Å²) in [7, 11) is 1.54. The molecule has 0 bridgehead atoms. The molecule has 0 unspecified atom stereocenters. The lowest BCUT2D eigenvalue weighted by atomic mass is 10.3. The Bertz CT molecular complexity index is 301. The Hall–Kier alpha value is -1.85. The molecular formula is C8H12N4O2. The lowest BCUT2D eigenvalue weighted by molar-refractivity contribution is -0.703. The van der Waals surface area contributed by atoms with Gasteiger partial charge in [0.1, 0.15) is 0 Å². The molecule has 14 heavy (non-hydrogen) atoms. The zero-order valence-corrected chi connectivity index (χ0v) is 7.87. The molecule has 1 heterocycles. The third-order valence-corrected chi connectivity index (χ3v) is 1.79. The van der Waals surface area contributed by atoms with Crippen LogP contribution in [0, 0.1) is 5.21 Å². The third-order valence-electron chi connectivity index (χ3n) is 1.79. The number of hydrogen-bond acceptors (Lipinski definition) is 3. The Kier molecular flexibility index (Phi) is 3.66. The van der Waals surface area contributed by atoms with Gasteiger partial charge in [-0.2, -0.15) is 0 Å². The summed E-state index contributed by atoms with van der Waals surface area (Å²) < 4.78 is 0. The molecule has 0 amide bonds. The van der Waals surface area contributed by atoms with Gasteiger partial charge in [-0.05, 0) is 12.1 Å². The fourth-order valence-corrected chi connectivity index (χ4v) is 0.976. The van der Waals surface area contributed by atoms with Gasteiger partial charge in [-0.15, -0.1) is 5.01 Å². The van der Waals surface area contributed by atoms with E-state index in [2.05, 4.69) is 10.3 Å². The van der Waals surface area contributed by atoms with Crippen LogP contribution < -0.4 is 0 Å². The summed E-state index contributed by atoms with van der Waals surface area (Å²) in [5, 5.41) is 22.7. The summed E-state index contributed by atoms with van der Waals surface area (Å²) in [4.78, 5) is 4.22. The van der Waals surface area contributed by atoms with Crippen molar-refractivity contribution in [2.24, 2.45) is 5.28 Å². The minimum absolute atomic E-state index is 0.128. The fraction of sp³-hybridized carbons (Fsp3) is 0.375. The van der Waals surface area contributed by atoms with Crippen molar-refractivity contribution in [2.75, 3.05) is 13.6 Å². The van der Waals surface area contributed by atoms with Gasteiger partial charge < -0.3 is 10.4 Å². The van der Waals surface area contributed by atoms with Crippen molar-refractivity contribution in [3.63, 3.8) is 0 Å². The molecule has 0 radical (unpaired) electrons. The Morgan fingerprint density at radius 3 is 3.00 bits per heavy atom. The molecule has 6 heteroatoms. The molecule has 1 aromatic heterocycles. The van der Waals surface area contributed by atoms with Crippen molar-refractivity contribution < 1.29 is 10.2 Å². The quantitative estimate of drug-likeness (QED) is 0.439. The van der Waals surface area contributed by atoms with Crippen LogP contribution in [0.5, 0.6) is 0 Å². The van der Waals surface area contributed by atoms with E-state index in [4.69, 9.17) is 5.21 Å². The maximum Gasteiger partial charge on any atom is 0.230 e. The topological polar surface area (TPSA) is 74.8 Å². The SMILES string of the molecule is CN(CCc1ccccn1)[N+]([O-])=NO. The minimum atomic E-state index is 0.128. The highest BCUT2D eigenvalue weighted by Gasteiger charge is 2.05. The molecule has 0 spiro atoms. The standard InChI is InChI=1S/C8H12N4O2/c1-11(12(14)10-13)7-5-8-4-2-3-6-9-8/h2-4,6,13H,5,7H2,1H3. The first-order chi connectivity index (χ1) is 6.74. The number of likely N-dealkylation sites (N-methyl/N-ethyl adjacent to an activating group) is 1. The predicted octanol–water partition coefficient (Wildman–Crippen LogP) is 0.823. The van der Waals surface area contributed by atoms with Crippen LogP contribution in [0.2, 0.25) is 0 Å². The Morgan fingerprint density at radius 1 is 1.64 bits per heavy atom. The van der Waals surface area contributed by atoms with Crippen molar-refractivity contribution in [3.8, 4) is 0 Å². The zero-order valence-electron chi connectivity index (χ0n) is 7.87. The second-order valence-electron chi connectivity index (χ2n) is 2.79. The van der Waals surface area contributed by atoms with Crippen molar-refractivity contribution in [1.82, 2.24) is 9.99 Å². The van der Waals surface area contributed by atoms with E-state index in [1.54, 1.807) is 6.20 Å². The number of hydrazine groups is 1. The number of rotatable bonds is 4. The van der Waals surface area contributed by atoms with Gasteiger partial charge in [-0.1, -0.05) is 6.07 Å². The second-order valence-corrected chi connectivity index (χ2v) is 2.79. The summed E-state index contributed by atoms with van der Waals surface area (Å²) in [6.07, 6.45) is 2.33. The predicted molar refractivity (Wildman–Crippen MR) is 48.4 cm³/mol. The molecule has 1 aromatic rings. The summed E-state index contributed by atoms with van der Waals surface area (Å²) >= 11 is 0. The molecule has 0 saturated carbocycles. The number of aromatic nitrogens is 1. The van der Waals surface area contributed by atoms with E-state index < -0.39 is 0 Å². The van der Waals surface area contributed by atoms with Gasteiger partial charge in [-0.3, -0.25) is 4.98 Å². The monoisotopic (exact) mass is 196 g/mol. The summed E-state index contributed by atoms with van der Waals surface area (Å²) in [6, 6.07) is 5.59. The highest BCUT2D eigenvalue weighted by atomic mass is 16.6. The van der Waals surface area contributed by atoms with Crippen LogP contribution in [0.1, 0.15) is 5.69 Å². The first-order valence-corrected chi connectivity index (χ1v) is 4.17. The molecule has 0 aromatic carbocycles. The highest BCUT2D eigenvalue weighted by Crippen LogP contribution is 1.96. The average molecular weight is 196 g/mol. The molecule has 76 valence electrons. The molecule has 1 rings (SSSR count). The van der Waals surface area contributed by atoms with Crippen molar-refractivity contribution in [1.29, 1.82) is 0 Å². The summed E-state index contributed by atoms with van der Waals surface area (Å²) in [5.74, 6) is 0. The van der Waals surface area contributed by atoms with Gasteiger partial charge in [0.2, 0.25) is 5.28 Å². The molecule has 0 aliphatic carbocycles. The molecule has 0 fully saturated rings. The van der Waals surface area contributed by atoms with Crippen LogP contribution in [-0.2, 0) is 6.42 Å². The maximum absolute atomic E-state index is 10.7. The second kappa shape index (κ2) is 5.00. The number of hydrogen-bond donors (Lipinski definition) is 1. The zero-order chi connectivity index (χ0) is 10.4. The minimum Gasteiger partial charge on any atom is -0.569 e.